The van der Waals surface area contributed by atoms with Gasteiger partial charge in [-0.3, -0.25) is 4.99 Å². The first-order valence-corrected chi connectivity index (χ1v) is 8.84. The Morgan fingerprint density at radius 2 is 2.00 bits per heavy atom. The molecule has 4 nitrogen and oxygen atoms in total. The zero-order valence-electron chi connectivity index (χ0n) is 15.5. The Hall–Kier alpha value is -0.890. The highest BCUT2D eigenvalue weighted by molar-refractivity contribution is 14.0. The molecule has 0 atom stereocenters. The van der Waals surface area contributed by atoms with Crippen LogP contribution in [-0.4, -0.2) is 39.3 Å². The van der Waals surface area contributed by atoms with Crippen LogP contribution in [0.4, 0.5) is 4.39 Å². The SMILES string of the molecule is CN=C(NCCC(C)C)NCC1(c2cccc(F)c2)CCOCC1.I. The van der Waals surface area contributed by atoms with Gasteiger partial charge in [-0.15, -0.1) is 24.0 Å². The highest BCUT2D eigenvalue weighted by Crippen LogP contribution is 2.34. The summed E-state index contributed by atoms with van der Waals surface area (Å²) in [6, 6.07) is 6.96. The van der Waals surface area contributed by atoms with Gasteiger partial charge in [-0.2, -0.15) is 0 Å². The van der Waals surface area contributed by atoms with Crippen molar-refractivity contribution in [3.05, 3.63) is 35.6 Å². The summed E-state index contributed by atoms with van der Waals surface area (Å²) in [6.07, 6.45) is 2.86. The van der Waals surface area contributed by atoms with Crippen LogP contribution >= 0.6 is 24.0 Å². The van der Waals surface area contributed by atoms with Gasteiger partial charge in [0.1, 0.15) is 5.82 Å². The van der Waals surface area contributed by atoms with E-state index < -0.39 is 0 Å². The van der Waals surface area contributed by atoms with Crippen LogP contribution in [0.2, 0.25) is 0 Å². The van der Waals surface area contributed by atoms with Crippen LogP contribution < -0.4 is 10.6 Å². The Balaban J connectivity index is 0.00000312. The fourth-order valence-electron chi connectivity index (χ4n) is 3.10. The molecule has 0 unspecified atom stereocenters. The van der Waals surface area contributed by atoms with Crippen LogP contribution in [0.25, 0.3) is 0 Å². The minimum absolute atomic E-state index is 0. The lowest BCUT2D eigenvalue weighted by Crippen LogP contribution is -2.48. The first kappa shape index (κ1) is 22.2. The van der Waals surface area contributed by atoms with Crippen molar-refractivity contribution in [2.24, 2.45) is 10.9 Å². The smallest absolute Gasteiger partial charge is 0.191 e. The summed E-state index contributed by atoms with van der Waals surface area (Å²) in [5.74, 6) is 1.28. The number of ether oxygens (including phenoxy) is 1. The molecule has 1 aromatic carbocycles. The molecule has 0 saturated carbocycles. The van der Waals surface area contributed by atoms with Gasteiger partial charge in [-0.25, -0.2) is 4.39 Å². The number of nitrogens with zero attached hydrogens (tertiary/aromatic N) is 1. The van der Waals surface area contributed by atoms with E-state index in [4.69, 9.17) is 4.74 Å². The average molecular weight is 463 g/mol. The lowest BCUT2D eigenvalue weighted by atomic mass is 9.74. The van der Waals surface area contributed by atoms with E-state index >= 15 is 0 Å². The van der Waals surface area contributed by atoms with Crippen molar-refractivity contribution in [1.29, 1.82) is 0 Å². The van der Waals surface area contributed by atoms with E-state index in [0.29, 0.717) is 19.1 Å². The van der Waals surface area contributed by atoms with E-state index in [1.54, 1.807) is 19.2 Å². The quantitative estimate of drug-likeness (QED) is 0.384. The Bertz CT molecular complexity index is 545. The fraction of sp³-hybridized carbons (Fsp3) is 0.632. The topological polar surface area (TPSA) is 45.7 Å². The molecule has 2 N–H and O–H groups in total. The number of hydrogen-bond acceptors (Lipinski definition) is 2. The molecule has 2 rings (SSSR count). The van der Waals surface area contributed by atoms with Gasteiger partial charge in [0.05, 0.1) is 0 Å². The Kier molecular flexibility index (Phi) is 9.71. The predicted molar refractivity (Wildman–Crippen MR) is 112 cm³/mol. The molecule has 0 bridgehead atoms. The summed E-state index contributed by atoms with van der Waals surface area (Å²) in [6.45, 7) is 7.45. The van der Waals surface area contributed by atoms with Crippen molar-refractivity contribution in [2.45, 2.75) is 38.5 Å². The Morgan fingerprint density at radius 1 is 1.28 bits per heavy atom. The monoisotopic (exact) mass is 463 g/mol. The van der Waals surface area contributed by atoms with Gasteiger partial charge in [0.2, 0.25) is 0 Å². The van der Waals surface area contributed by atoms with E-state index in [1.807, 2.05) is 6.07 Å². The van der Waals surface area contributed by atoms with E-state index in [-0.39, 0.29) is 35.2 Å². The van der Waals surface area contributed by atoms with Gasteiger partial charge < -0.3 is 15.4 Å². The maximum absolute atomic E-state index is 13.7. The van der Waals surface area contributed by atoms with Crippen LogP contribution in [0.1, 0.15) is 38.7 Å². The molecule has 0 aliphatic carbocycles. The summed E-state index contributed by atoms with van der Waals surface area (Å²) in [5, 5.41) is 6.79. The molecule has 0 spiro atoms. The summed E-state index contributed by atoms with van der Waals surface area (Å²) >= 11 is 0. The molecule has 1 aliphatic heterocycles. The number of benzene rings is 1. The Labute approximate surface area is 168 Å². The third-order valence-electron chi connectivity index (χ3n) is 4.72. The lowest BCUT2D eigenvalue weighted by Gasteiger charge is -2.38. The maximum Gasteiger partial charge on any atom is 0.191 e. The molecular weight excluding hydrogens is 432 g/mol. The number of halogens is 2. The molecular formula is C19H31FIN3O. The third-order valence-corrected chi connectivity index (χ3v) is 4.72. The standard InChI is InChI=1S/C19H30FN3O.HI/c1-15(2)7-10-22-18(21-3)23-14-19(8-11-24-12-9-19)16-5-4-6-17(20)13-16;/h4-6,13,15H,7-12,14H2,1-3H3,(H2,21,22,23);1H. The van der Waals surface area contributed by atoms with Crippen molar-refractivity contribution in [3.8, 4) is 0 Å². The normalized spacial score (nSPS) is 17.1. The predicted octanol–water partition coefficient (Wildman–Crippen LogP) is 3.70. The van der Waals surface area contributed by atoms with Gasteiger partial charge in [0, 0.05) is 38.8 Å². The second-order valence-electron chi connectivity index (χ2n) is 6.94. The molecule has 25 heavy (non-hydrogen) atoms. The molecule has 1 fully saturated rings. The average Bonchev–Trinajstić information content (AvgIpc) is 2.58. The number of hydrogen-bond donors (Lipinski definition) is 2. The second-order valence-corrected chi connectivity index (χ2v) is 6.94. The molecule has 1 aromatic rings. The van der Waals surface area contributed by atoms with E-state index in [1.165, 1.54) is 6.07 Å². The van der Waals surface area contributed by atoms with Crippen molar-refractivity contribution in [2.75, 3.05) is 33.4 Å². The van der Waals surface area contributed by atoms with Crippen LogP contribution in [0, 0.1) is 11.7 Å². The molecule has 6 heteroatoms. The summed E-state index contributed by atoms with van der Waals surface area (Å²) in [4.78, 5) is 4.30. The molecule has 1 aliphatic rings. The highest BCUT2D eigenvalue weighted by Gasteiger charge is 2.34. The van der Waals surface area contributed by atoms with Gasteiger partial charge >= 0.3 is 0 Å². The van der Waals surface area contributed by atoms with E-state index in [9.17, 15) is 4.39 Å². The van der Waals surface area contributed by atoms with Crippen LogP contribution in [0.3, 0.4) is 0 Å². The molecule has 0 aromatic heterocycles. The highest BCUT2D eigenvalue weighted by atomic mass is 127. The van der Waals surface area contributed by atoms with E-state index in [0.717, 1.165) is 43.9 Å². The number of aliphatic imine (C=N–C) groups is 1. The molecule has 1 saturated heterocycles. The lowest BCUT2D eigenvalue weighted by molar-refractivity contribution is 0.0513. The zero-order chi connectivity index (χ0) is 17.4. The molecule has 142 valence electrons. The van der Waals surface area contributed by atoms with Crippen molar-refractivity contribution < 1.29 is 9.13 Å². The van der Waals surface area contributed by atoms with Crippen molar-refractivity contribution >= 4 is 29.9 Å². The van der Waals surface area contributed by atoms with Crippen LogP contribution in [0.15, 0.2) is 29.3 Å². The van der Waals surface area contributed by atoms with Crippen molar-refractivity contribution in [1.82, 2.24) is 10.6 Å². The summed E-state index contributed by atoms with van der Waals surface area (Å²) < 4.78 is 19.2. The maximum atomic E-state index is 13.7. The number of rotatable bonds is 6. The van der Waals surface area contributed by atoms with Gasteiger partial charge in [0.25, 0.3) is 0 Å². The van der Waals surface area contributed by atoms with E-state index in [2.05, 4.69) is 29.5 Å². The zero-order valence-corrected chi connectivity index (χ0v) is 17.8. The van der Waals surface area contributed by atoms with Crippen LogP contribution in [-0.2, 0) is 10.2 Å². The van der Waals surface area contributed by atoms with Gasteiger partial charge in [-0.05, 0) is 42.9 Å². The fourth-order valence-corrected chi connectivity index (χ4v) is 3.10. The number of guanidine groups is 1. The second kappa shape index (κ2) is 11.0. The summed E-state index contributed by atoms with van der Waals surface area (Å²) in [5.41, 5.74) is 0.923. The molecule has 1 heterocycles. The van der Waals surface area contributed by atoms with Gasteiger partial charge in [0.15, 0.2) is 5.96 Å². The largest absolute Gasteiger partial charge is 0.381 e. The first-order valence-electron chi connectivity index (χ1n) is 8.84. The van der Waals surface area contributed by atoms with Crippen molar-refractivity contribution in [3.63, 3.8) is 0 Å². The van der Waals surface area contributed by atoms with Gasteiger partial charge in [-0.1, -0.05) is 26.0 Å². The minimum atomic E-state index is -0.183. The molecule has 0 radical (unpaired) electrons. The molecule has 0 amide bonds. The summed E-state index contributed by atoms with van der Waals surface area (Å²) in [7, 11) is 1.78. The van der Waals surface area contributed by atoms with Crippen LogP contribution in [0.5, 0.6) is 0 Å². The Morgan fingerprint density at radius 3 is 2.60 bits per heavy atom. The first-order chi connectivity index (χ1) is 11.6. The minimum Gasteiger partial charge on any atom is -0.381 e. The number of nitrogens with one attached hydrogen (secondary N) is 2. The third kappa shape index (κ3) is 6.73.